The first-order chi connectivity index (χ1) is 13.8. The molecule has 2 N–H and O–H groups in total. The molecule has 0 spiro atoms. The Hall–Kier alpha value is -3.05. The molecule has 1 amide bonds. The average molecular weight is 433 g/mol. The lowest BCUT2D eigenvalue weighted by atomic mass is 10.2. The van der Waals surface area contributed by atoms with Crippen molar-refractivity contribution < 1.29 is 14.1 Å². The highest BCUT2D eigenvalue weighted by molar-refractivity contribution is 8.02. The molecule has 3 aromatic rings. The summed E-state index contributed by atoms with van der Waals surface area (Å²) in [6.45, 7) is 3.66. The van der Waals surface area contributed by atoms with Crippen molar-refractivity contribution in [2.75, 3.05) is 10.6 Å². The molecule has 0 aliphatic heterocycles. The first kappa shape index (κ1) is 20.7. The van der Waals surface area contributed by atoms with E-state index in [9.17, 15) is 19.3 Å². The molecule has 0 aliphatic carbocycles. The third kappa shape index (κ3) is 5.48. The number of hydrogen-bond donors (Lipinski definition) is 2. The van der Waals surface area contributed by atoms with Crippen LogP contribution in [0.4, 0.5) is 26.6 Å². The molecule has 0 saturated carbocycles. The summed E-state index contributed by atoms with van der Waals surface area (Å²) < 4.78 is 14.0. The summed E-state index contributed by atoms with van der Waals surface area (Å²) in [7, 11) is 0. The highest BCUT2D eigenvalue weighted by atomic mass is 32.2. The zero-order valence-electron chi connectivity index (χ0n) is 15.4. The summed E-state index contributed by atoms with van der Waals surface area (Å²) >= 11 is 2.51. The van der Waals surface area contributed by atoms with E-state index in [1.54, 1.807) is 6.92 Å². The van der Waals surface area contributed by atoms with Gasteiger partial charge in [-0.25, -0.2) is 0 Å². The third-order valence-corrected chi connectivity index (χ3v) is 5.76. The van der Waals surface area contributed by atoms with Crippen LogP contribution in [0.15, 0.2) is 46.8 Å². The number of halogens is 1. The molecule has 11 heteroatoms. The van der Waals surface area contributed by atoms with Crippen molar-refractivity contribution in [3.63, 3.8) is 0 Å². The fourth-order valence-electron chi connectivity index (χ4n) is 2.33. The number of hydrogen-bond acceptors (Lipinski definition) is 8. The third-order valence-electron chi connectivity index (χ3n) is 3.73. The molecule has 0 bridgehead atoms. The van der Waals surface area contributed by atoms with Crippen molar-refractivity contribution in [3.8, 4) is 0 Å². The van der Waals surface area contributed by atoms with Crippen LogP contribution in [0.5, 0.6) is 0 Å². The number of carbonyl (C=O) groups is 1. The Morgan fingerprint density at radius 3 is 2.76 bits per heavy atom. The summed E-state index contributed by atoms with van der Waals surface area (Å²) in [4.78, 5) is 22.3. The lowest BCUT2D eigenvalue weighted by molar-refractivity contribution is -0.387. The van der Waals surface area contributed by atoms with Gasteiger partial charge in [-0.3, -0.25) is 14.9 Å². The molecule has 1 aromatic heterocycles. The molecule has 0 aliphatic rings. The molecule has 0 radical (unpaired) electrons. The number of aromatic nitrogens is 2. The van der Waals surface area contributed by atoms with Gasteiger partial charge < -0.3 is 10.6 Å². The number of benzene rings is 2. The van der Waals surface area contributed by atoms with Gasteiger partial charge >= 0.3 is 5.69 Å². The first-order valence-electron chi connectivity index (χ1n) is 8.40. The molecule has 1 unspecified atom stereocenters. The van der Waals surface area contributed by atoms with Gasteiger partial charge in [-0.1, -0.05) is 35.2 Å². The van der Waals surface area contributed by atoms with Crippen LogP contribution in [0.1, 0.15) is 12.5 Å². The number of aryl methyl sites for hydroxylation is 1. The number of rotatable bonds is 7. The van der Waals surface area contributed by atoms with Crippen molar-refractivity contribution in [1.82, 2.24) is 10.2 Å². The second-order valence-electron chi connectivity index (χ2n) is 6.04. The SMILES string of the molecule is Cc1cccc(Nc2nnc(SC(C)C(=O)Nc3ccc(F)c([N+](=O)[O-])c3)s2)c1. The van der Waals surface area contributed by atoms with Crippen LogP contribution in [-0.4, -0.2) is 26.3 Å². The molecule has 1 heterocycles. The van der Waals surface area contributed by atoms with E-state index in [0.29, 0.717) is 9.47 Å². The maximum Gasteiger partial charge on any atom is 0.306 e. The minimum Gasteiger partial charge on any atom is -0.330 e. The van der Waals surface area contributed by atoms with Crippen molar-refractivity contribution in [3.05, 3.63) is 64.0 Å². The maximum absolute atomic E-state index is 13.4. The van der Waals surface area contributed by atoms with Gasteiger partial charge in [-0.15, -0.1) is 10.2 Å². The van der Waals surface area contributed by atoms with E-state index in [-0.39, 0.29) is 11.6 Å². The van der Waals surface area contributed by atoms with Gasteiger partial charge in [-0.2, -0.15) is 4.39 Å². The summed E-state index contributed by atoms with van der Waals surface area (Å²) in [5.74, 6) is -1.35. The van der Waals surface area contributed by atoms with Gasteiger partial charge in [0.05, 0.1) is 10.2 Å². The zero-order chi connectivity index (χ0) is 21.0. The van der Waals surface area contributed by atoms with E-state index in [1.807, 2.05) is 31.2 Å². The average Bonchev–Trinajstić information content (AvgIpc) is 3.09. The number of nitrogens with zero attached hydrogens (tertiary/aromatic N) is 3. The highest BCUT2D eigenvalue weighted by Crippen LogP contribution is 2.31. The normalized spacial score (nSPS) is 11.7. The Bertz CT molecular complexity index is 1060. The Morgan fingerprint density at radius 2 is 2.03 bits per heavy atom. The van der Waals surface area contributed by atoms with Crippen LogP contribution in [0.2, 0.25) is 0 Å². The molecule has 1 atom stereocenters. The number of nitrogens with one attached hydrogen (secondary N) is 2. The van der Waals surface area contributed by atoms with Crippen molar-refractivity contribution in [1.29, 1.82) is 0 Å². The summed E-state index contributed by atoms with van der Waals surface area (Å²) in [6, 6.07) is 11.0. The Balaban J connectivity index is 1.61. The number of carbonyl (C=O) groups excluding carboxylic acids is 1. The van der Waals surface area contributed by atoms with Gasteiger partial charge in [0.15, 0.2) is 4.34 Å². The Kier molecular flexibility index (Phi) is 6.39. The first-order valence-corrected chi connectivity index (χ1v) is 10.1. The van der Waals surface area contributed by atoms with Gasteiger partial charge in [0, 0.05) is 17.4 Å². The largest absolute Gasteiger partial charge is 0.330 e. The summed E-state index contributed by atoms with van der Waals surface area (Å²) in [6.07, 6.45) is 0. The smallest absolute Gasteiger partial charge is 0.306 e. The number of anilines is 3. The fourth-order valence-corrected chi connectivity index (χ4v) is 4.25. The predicted molar refractivity (Wildman–Crippen MR) is 111 cm³/mol. The summed E-state index contributed by atoms with van der Waals surface area (Å²) in [5.41, 5.74) is 1.45. The predicted octanol–water partition coefficient (Wildman–Crippen LogP) is 4.76. The monoisotopic (exact) mass is 433 g/mol. The quantitative estimate of drug-likeness (QED) is 0.314. The van der Waals surface area contributed by atoms with Gasteiger partial charge in [0.1, 0.15) is 0 Å². The second-order valence-corrected chi connectivity index (χ2v) is 8.61. The van der Waals surface area contributed by atoms with Crippen LogP contribution in [0.3, 0.4) is 0 Å². The van der Waals surface area contributed by atoms with E-state index < -0.39 is 21.7 Å². The fraction of sp³-hybridized carbons (Fsp3) is 0.167. The number of amides is 1. The Labute approximate surface area is 173 Å². The van der Waals surface area contributed by atoms with Gasteiger partial charge in [0.25, 0.3) is 0 Å². The van der Waals surface area contributed by atoms with Gasteiger partial charge in [-0.05, 0) is 43.7 Å². The Morgan fingerprint density at radius 1 is 1.24 bits per heavy atom. The zero-order valence-corrected chi connectivity index (χ0v) is 17.0. The molecule has 3 rings (SSSR count). The maximum atomic E-state index is 13.4. The van der Waals surface area contributed by atoms with E-state index in [1.165, 1.54) is 29.2 Å². The molecule has 29 heavy (non-hydrogen) atoms. The van der Waals surface area contributed by atoms with Crippen LogP contribution in [-0.2, 0) is 4.79 Å². The minimum absolute atomic E-state index is 0.148. The number of thioether (sulfide) groups is 1. The molecule has 150 valence electrons. The van der Waals surface area contributed by atoms with Crippen LogP contribution < -0.4 is 10.6 Å². The molecule has 0 saturated heterocycles. The lowest BCUT2D eigenvalue weighted by Crippen LogP contribution is -2.22. The van der Waals surface area contributed by atoms with Crippen molar-refractivity contribution in [2.45, 2.75) is 23.4 Å². The molecular formula is C18H16FN5O3S2. The molecule has 0 fully saturated rings. The van der Waals surface area contributed by atoms with Crippen molar-refractivity contribution >= 4 is 51.2 Å². The van der Waals surface area contributed by atoms with Crippen LogP contribution in [0.25, 0.3) is 0 Å². The highest BCUT2D eigenvalue weighted by Gasteiger charge is 2.20. The van der Waals surface area contributed by atoms with E-state index in [4.69, 9.17) is 0 Å². The molecule has 2 aromatic carbocycles. The lowest BCUT2D eigenvalue weighted by Gasteiger charge is -2.10. The molecular weight excluding hydrogens is 417 g/mol. The molecule has 8 nitrogen and oxygen atoms in total. The summed E-state index contributed by atoms with van der Waals surface area (Å²) in [5, 5.41) is 24.7. The minimum atomic E-state index is -0.960. The van der Waals surface area contributed by atoms with Crippen LogP contribution in [0, 0.1) is 22.9 Å². The van der Waals surface area contributed by atoms with Crippen LogP contribution >= 0.6 is 23.1 Å². The van der Waals surface area contributed by atoms with E-state index in [0.717, 1.165) is 23.4 Å². The number of nitro benzene ring substituents is 1. The van der Waals surface area contributed by atoms with Crippen molar-refractivity contribution in [2.24, 2.45) is 0 Å². The number of nitro groups is 1. The standard InChI is InChI=1S/C18H16FN5O3S2/c1-10-4-3-5-12(8-10)21-17-22-23-18(29-17)28-11(2)16(25)20-13-6-7-14(19)15(9-13)24(26)27/h3-9,11H,1-2H3,(H,20,25)(H,21,22). The van der Waals surface area contributed by atoms with Gasteiger partial charge in [0.2, 0.25) is 16.9 Å². The topological polar surface area (TPSA) is 110 Å². The van der Waals surface area contributed by atoms with E-state index >= 15 is 0 Å². The second kappa shape index (κ2) is 8.97. The van der Waals surface area contributed by atoms with E-state index in [2.05, 4.69) is 20.8 Å².